The van der Waals surface area contributed by atoms with Crippen LogP contribution in [0.5, 0.6) is 0 Å². The van der Waals surface area contributed by atoms with E-state index in [0.29, 0.717) is 25.7 Å². The summed E-state index contributed by atoms with van der Waals surface area (Å²) in [5.74, 6) is -2.20. The quantitative estimate of drug-likeness (QED) is 0.734. The Morgan fingerprint density at radius 3 is 2.24 bits per heavy atom. The van der Waals surface area contributed by atoms with Crippen molar-refractivity contribution in [2.75, 3.05) is 13.1 Å². The van der Waals surface area contributed by atoms with E-state index >= 15 is 0 Å². The van der Waals surface area contributed by atoms with Crippen molar-refractivity contribution >= 4 is 11.9 Å². The molecule has 1 heterocycles. The number of carboxylic acids is 1. The second-order valence-corrected chi connectivity index (χ2v) is 6.02. The van der Waals surface area contributed by atoms with E-state index in [2.05, 4.69) is 10.6 Å². The van der Waals surface area contributed by atoms with Crippen LogP contribution in [0, 0.1) is 5.41 Å². The Kier molecular flexibility index (Phi) is 4.19. The smallest absolute Gasteiger partial charge is 0.404 e. The zero-order valence-electron chi connectivity index (χ0n) is 11.6. The van der Waals surface area contributed by atoms with Crippen LogP contribution in [-0.4, -0.2) is 41.8 Å². The van der Waals surface area contributed by atoms with E-state index in [0.717, 1.165) is 0 Å². The topological polar surface area (TPSA) is 78.4 Å². The molecule has 0 spiro atoms. The molecule has 120 valence electrons. The summed E-state index contributed by atoms with van der Waals surface area (Å²) in [6, 6.07) is 0. The lowest BCUT2D eigenvalue weighted by Gasteiger charge is -2.36. The van der Waals surface area contributed by atoms with Gasteiger partial charge in [0, 0.05) is 6.54 Å². The van der Waals surface area contributed by atoms with Gasteiger partial charge in [0.2, 0.25) is 5.91 Å². The summed E-state index contributed by atoms with van der Waals surface area (Å²) in [4.78, 5) is 23.2. The van der Waals surface area contributed by atoms with Crippen molar-refractivity contribution in [2.45, 2.75) is 50.2 Å². The van der Waals surface area contributed by atoms with Gasteiger partial charge in [0.05, 0.1) is 12.0 Å². The molecular weight excluding hydrogens is 289 g/mol. The number of rotatable bonds is 4. The molecule has 1 unspecified atom stereocenters. The number of carbonyl (C=O) groups excluding carboxylic acids is 1. The van der Waals surface area contributed by atoms with Gasteiger partial charge in [-0.2, -0.15) is 13.2 Å². The Morgan fingerprint density at radius 1 is 1.19 bits per heavy atom. The standard InChI is InChI=1S/C13H19F3N2O3/c14-13(15,16)12(5-6-17-8-12)10(21)18-11(7-9(19)20)3-1-2-4-11/h17H,1-8H2,(H,18,21)(H,19,20). The highest BCUT2D eigenvalue weighted by molar-refractivity contribution is 5.85. The maximum absolute atomic E-state index is 13.3. The lowest BCUT2D eigenvalue weighted by molar-refractivity contribution is -0.216. The van der Waals surface area contributed by atoms with Crippen molar-refractivity contribution in [3.05, 3.63) is 0 Å². The molecule has 1 saturated carbocycles. The maximum atomic E-state index is 13.3. The highest BCUT2D eigenvalue weighted by Crippen LogP contribution is 2.44. The molecule has 0 bridgehead atoms. The van der Waals surface area contributed by atoms with Gasteiger partial charge in [-0.25, -0.2) is 0 Å². The predicted octanol–water partition coefficient (Wildman–Crippen LogP) is 1.43. The van der Waals surface area contributed by atoms with Crippen LogP contribution in [0.2, 0.25) is 0 Å². The van der Waals surface area contributed by atoms with Crippen molar-refractivity contribution in [3.8, 4) is 0 Å². The van der Waals surface area contributed by atoms with E-state index in [1.54, 1.807) is 0 Å². The van der Waals surface area contributed by atoms with Gasteiger partial charge in [-0.1, -0.05) is 12.8 Å². The molecule has 0 aromatic rings. The Balaban J connectivity index is 2.20. The van der Waals surface area contributed by atoms with Gasteiger partial charge >= 0.3 is 12.1 Å². The lowest BCUT2D eigenvalue weighted by Crippen LogP contribution is -2.58. The Bertz CT molecular complexity index is 425. The number of hydrogen-bond donors (Lipinski definition) is 3. The van der Waals surface area contributed by atoms with E-state index in [-0.39, 0.29) is 19.4 Å². The van der Waals surface area contributed by atoms with Crippen LogP contribution in [0.25, 0.3) is 0 Å². The Labute approximate surface area is 120 Å². The normalized spacial score (nSPS) is 28.5. The fourth-order valence-electron chi connectivity index (χ4n) is 3.30. The van der Waals surface area contributed by atoms with E-state index < -0.39 is 35.6 Å². The first-order valence-corrected chi connectivity index (χ1v) is 7.03. The molecule has 2 aliphatic rings. The molecule has 0 radical (unpaired) electrons. The number of amides is 1. The van der Waals surface area contributed by atoms with Crippen LogP contribution in [0.15, 0.2) is 0 Å². The van der Waals surface area contributed by atoms with Gasteiger partial charge in [0.25, 0.3) is 0 Å². The minimum absolute atomic E-state index is 0.124. The molecule has 1 aliphatic heterocycles. The third-order valence-electron chi connectivity index (χ3n) is 4.56. The fourth-order valence-corrected chi connectivity index (χ4v) is 3.30. The summed E-state index contributed by atoms with van der Waals surface area (Å²) in [6.45, 7) is -0.329. The number of carboxylic acid groups (broad SMARTS) is 1. The number of alkyl halides is 3. The summed E-state index contributed by atoms with van der Waals surface area (Å²) >= 11 is 0. The summed E-state index contributed by atoms with van der Waals surface area (Å²) < 4.78 is 39.9. The van der Waals surface area contributed by atoms with Crippen LogP contribution in [-0.2, 0) is 9.59 Å². The lowest BCUT2D eigenvalue weighted by atomic mass is 9.83. The second kappa shape index (κ2) is 5.47. The first-order chi connectivity index (χ1) is 9.71. The van der Waals surface area contributed by atoms with Gasteiger partial charge in [0.1, 0.15) is 0 Å². The maximum Gasteiger partial charge on any atom is 0.404 e. The predicted molar refractivity (Wildman–Crippen MR) is 67.6 cm³/mol. The van der Waals surface area contributed by atoms with Crippen LogP contribution in [0.3, 0.4) is 0 Å². The number of hydrogen-bond acceptors (Lipinski definition) is 3. The van der Waals surface area contributed by atoms with Crippen molar-refractivity contribution in [3.63, 3.8) is 0 Å². The summed E-state index contributed by atoms with van der Waals surface area (Å²) in [5.41, 5.74) is -3.48. The molecule has 1 atom stereocenters. The first kappa shape index (κ1) is 16.1. The fraction of sp³-hybridized carbons (Fsp3) is 0.846. The highest BCUT2D eigenvalue weighted by atomic mass is 19.4. The van der Waals surface area contributed by atoms with Crippen molar-refractivity contribution < 1.29 is 27.9 Å². The average Bonchev–Trinajstić information content (AvgIpc) is 2.96. The molecular formula is C13H19F3N2O3. The van der Waals surface area contributed by atoms with Gasteiger partial charge in [-0.3, -0.25) is 9.59 Å². The molecule has 2 fully saturated rings. The monoisotopic (exact) mass is 308 g/mol. The van der Waals surface area contributed by atoms with E-state index in [1.165, 1.54) is 0 Å². The molecule has 21 heavy (non-hydrogen) atoms. The van der Waals surface area contributed by atoms with Crippen molar-refractivity contribution in [1.29, 1.82) is 0 Å². The zero-order chi connectivity index (χ0) is 15.7. The molecule has 0 aromatic heterocycles. The van der Waals surface area contributed by atoms with Gasteiger partial charge in [-0.15, -0.1) is 0 Å². The number of carbonyl (C=O) groups is 2. The second-order valence-electron chi connectivity index (χ2n) is 6.02. The largest absolute Gasteiger partial charge is 0.481 e. The summed E-state index contributed by atoms with van der Waals surface area (Å²) in [7, 11) is 0. The van der Waals surface area contributed by atoms with Gasteiger partial charge in [-0.05, 0) is 25.8 Å². The van der Waals surface area contributed by atoms with Crippen LogP contribution in [0.4, 0.5) is 13.2 Å². The first-order valence-electron chi connectivity index (χ1n) is 7.03. The number of nitrogens with one attached hydrogen (secondary N) is 2. The van der Waals surface area contributed by atoms with Crippen LogP contribution >= 0.6 is 0 Å². The molecule has 1 amide bonds. The van der Waals surface area contributed by atoms with Crippen LogP contribution < -0.4 is 10.6 Å². The molecule has 1 saturated heterocycles. The average molecular weight is 308 g/mol. The molecule has 8 heteroatoms. The van der Waals surface area contributed by atoms with E-state index in [1.807, 2.05) is 0 Å². The van der Waals surface area contributed by atoms with E-state index in [4.69, 9.17) is 5.11 Å². The minimum Gasteiger partial charge on any atom is -0.481 e. The van der Waals surface area contributed by atoms with Crippen LogP contribution in [0.1, 0.15) is 38.5 Å². The minimum atomic E-state index is -4.65. The summed E-state index contributed by atoms with van der Waals surface area (Å²) in [6.07, 6.45) is -3.05. The molecule has 0 aromatic carbocycles. The zero-order valence-corrected chi connectivity index (χ0v) is 11.6. The van der Waals surface area contributed by atoms with Gasteiger partial charge < -0.3 is 15.7 Å². The van der Waals surface area contributed by atoms with Crippen molar-refractivity contribution in [1.82, 2.24) is 10.6 Å². The Morgan fingerprint density at radius 2 is 1.81 bits per heavy atom. The number of aliphatic carboxylic acids is 1. The van der Waals surface area contributed by atoms with Crippen molar-refractivity contribution in [2.24, 2.45) is 5.41 Å². The molecule has 2 rings (SSSR count). The third kappa shape index (κ3) is 3.00. The summed E-state index contributed by atoms with van der Waals surface area (Å²) in [5, 5.41) is 14.0. The third-order valence-corrected chi connectivity index (χ3v) is 4.56. The van der Waals surface area contributed by atoms with Gasteiger partial charge in [0.15, 0.2) is 5.41 Å². The molecule has 1 aliphatic carbocycles. The number of halogens is 3. The molecule has 3 N–H and O–H groups in total. The Hall–Kier alpha value is -1.31. The van der Waals surface area contributed by atoms with E-state index in [9.17, 15) is 22.8 Å². The highest BCUT2D eigenvalue weighted by Gasteiger charge is 2.62. The SMILES string of the molecule is O=C(O)CC1(NC(=O)C2(C(F)(F)F)CCNC2)CCCC1. The molecule has 5 nitrogen and oxygen atoms in total.